The third-order valence-electron chi connectivity index (χ3n) is 7.69. The van der Waals surface area contributed by atoms with Crippen LogP contribution >= 0.6 is 0 Å². The molecule has 0 aliphatic heterocycles. The van der Waals surface area contributed by atoms with E-state index in [1.807, 2.05) is 0 Å². The van der Waals surface area contributed by atoms with Crippen LogP contribution in [0.1, 0.15) is 42.0 Å². The molecule has 0 bridgehead atoms. The number of fused-ring (bicyclic) bond motifs is 6. The normalized spacial score (nSPS) is 31.6. The Balaban J connectivity index is 1.39. The third-order valence-corrected chi connectivity index (χ3v) is 7.69. The molecule has 1 heteroatoms. The van der Waals surface area contributed by atoms with Gasteiger partial charge in [-0.1, -0.05) is 72.8 Å². The minimum Gasteiger partial charge on any atom is -0.313 e. The van der Waals surface area contributed by atoms with Crippen molar-refractivity contribution < 1.29 is 0 Å². The van der Waals surface area contributed by atoms with Crippen molar-refractivity contribution in [3.05, 3.63) is 95.7 Å². The molecule has 136 valence electrons. The average Bonchev–Trinajstić information content (AvgIpc) is 3.38. The maximum atomic E-state index is 2.59. The summed E-state index contributed by atoms with van der Waals surface area (Å²) in [7, 11) is 0. The summed E-state index contributed by atoms with van der Waals surface area (Å²) in [4.78, 5) is 0. The Morgan fingerprint density at radius 1 is 0.893 bits per heavy atom. The predicted octanol–water partition coefficient (Wildman–Crippen LogP) is 6.53. The van der Waals surface area contributed by atoms with Gasteiger partial charge >= 0.3 is 0 Å². The van der Waals surface area contributed by atoms with Crippen molar-refractivity contribution in [1.29, 1.82) is 0 Å². The molecular formula is C27H23N. The van der Waals surface area contributed by atoms with Crippen molar-refractivity contribution >= 4 is 22.7 Å². The summed E-state index contributed by atoms with van der Waals surface area (Å²) >= 11 is 0. The highest BCUT2D eigenvalue weighted by Gasteiger charge is 2.53. The molecule has 0 radical (unpaired) electrons. The number of nitrogens with zero attached hydrogens (tertiary/aromatic N) is 1. The minimum absolute atomic E-state index is 0.243. The van der Waals surface area contributed by atoms with E-state index >= 15 is 0 Å². The molecule has 3 aromatic rings. The van der Waals surface area contributed by atoms with E-state index < -0.39 is 0 Å². The van der Waals surface area contributed by atoms with Crippen molar-refractivity contribution in [2.45, 2.75) is 30.6 Å². The Bertz CT molecular complexity index is 1210. The summed E-state index contributed by atoms with van der Waals surface area (Å²) in [6.07, 6.45) is 16.2. The summed E-state index contributed by atoms with van der Waals surface area (Å²) in [5.41, 5.74) is 7.48. The van der Waals surface area contributed by atoms with E-state index in [4.69, 9.17) is 0 Å². The zero-order chi connectivity index (χ0) is 18.3. The second kappa shape index (κ2) is 5.17. The fraction of sp³-hybridized carbons (Fsp3) is 0.259. The zero-order valence-electron chi connectivity index (χ0n) is 15.9. The molecule has 28 heavy (non-hydrogen) atoms. The van der Waals surface area contributed by atoms with Gasteiger partial charge in [0.2, 0.25) is 0 Å². The molecule has 1 aromatic heterocycles. The number of allylic oxidation sites excluding steroid dienone is 5. The largest absolute Gasteiger partial charge is 0.313 e. The molecule has 0 spiro atoms. The van der Waals surface area contributed by atoms with Gasteiger partial charge in [0, 0.05) is 33.7 Å². The van der Waals surface area contributed by atoms with Gasteiger partial charge in [0.15, 0.2) is 0 Å². The van der Waals surface area contributed by atoms with E-state index in [1.165, 1.54) is 47.0 Å². The van der Waals surface area contributed by atoms with E-state index in [0.29, 0.717) is 11.8 Å². The van der Waals surface area contributed by atoms with Crippen molar-refractivity contribution in [2.24, 2.45) is 11.8 Å². The topological polar surface area (TPSA) is 4.93 Å². The zero-order valence-corrected chi connectivity index (χ0v) is 15.9. The molecule has 1 heterocycles. The molecule has 4 aliphatic carbocycles. The van der Waals surface area contributed by atoms with Gasteiger partial charge in [-0.25, -0.2) is 0 Å². The first-order valence-corrected chi connectivity index (χ1v) is 10.6. The molecule has 7 rings (SSSR count). The van der Waals surface area contributed by atoms with Crippen molar-refractivity contribution in [2.75, 3.05) is 0 Å². The maximum absolute atomic E-state index is 2.59. The highest BCUT2D eigenvalue weighted by atomic mass is 15.0. The Hall–Kier alpha value is -2.80. The number of hydrogen-bond donors (Lipinski definition) is 0. The second-order valence-corrected chi connectivity index (χ2v) is 9.00. The van der Waals surface area contributed by atoms with Crippen molar-refractivity contribution in [3.8, 4) is 0 Å². The van der Waals surface area contributed by atoms with Crippen LogP contribution in [0.3, 0.4) is 0 Å². The maximum Gasteiger partial charge on any atom is 0.0537 e. The number of para-hydroxylation sites is 1. The molecule has 0 amide bonds. The first-order valence-electron chi connectivity index (χ1n) is 10.6. The average molecular weight is 361 g/mol. The Kier molecular flexibility index (Phi) is 2.80. The van der Waals surface area contributed by atoms with Crippen LogP contribution in [0.15, 0.2) is 78.9 Å². The van der Waals surface area contributed by atoms with E-state index in [2.05, 4.69) is 89.5 Å². The van der Waals surface area contributed by atoms with Gasteiger partial charge in [0.05, 0.1) is 5.52 Å². The van der Waals surface area contributed by atoms with Gasteiger partial charge in [-0.05, 0) is 48.8 Å². The molecule has 0 N–H and O–H groups in total. The van der Waals surface area contributed by atoms with Gasteiger partial charge < -0.3 is 4.57 Å². The third kappa shape index (κ3) is 1.82. The van der Waals surface area contributed by atoms with Gasteiger partial charge in [-0.2, -0.15) is 0 Å². The van der Waals surface area contributed by atoms with Crippen LogP contribution in [-0.2, 0) is 5.41 Å². The van der Waals surface area contributed by atoms with E-state index in [9.17, 15) is 0 Å². The lowest BCUT2D eigenvalue weighted by Crippen LogP contribution is -2.27. The first-order chi connectivity index (χ1) is 13.9. The summed E-state index contributed by atoms with van der Waals surface area (Å²) < 4.78 is 2.59. The van der Waals surface area contributed by atoms with Gasteiger partial charge in [0.25, 0.3) is 0 Å². The number of rotatable bonds is 2. The summed E-state index contributed by atoms with van der Waals surface area (Å²) in [5.74, 6) is 2.07. The monoisotopic (exact) mass is 361 g/mol. The van der Waals surface area contributed by atoms with Crippen LogP contribution < -0.4 is 0 Å². The molecular weight excluding hydrogens is 338 g/mol. The second-order valence-electron chi connectivity index (χ2n) is 9.00. The summed E-state index contributed by atoms with van der Waals surface area (Å²) in [6.45, 7) is 0. The molecule has 4 aliphatic rings. The van der Waals surface area contributed by atoms with Crippen LogP contribution in [0.2, 0.25) is 0 Å². The number of aromatic nitrogens is 1. The van der Waals surface area contributed by atoms with Crippen molar-refractivity contribution in [3.63, 3.8) is 0 Å². The lowest BCUT2D eigenvalue weighted by atomic mass is 9.68. The smallest absolute Gasteiger partial charge is 0.0537 e. The molecule has 4 unspecified atom stereocenters. The van der Waals surface area contributed by atoms with Gasteiger partial charge in [-0.3, -0.25) is 0 Å². The number of hydrogen-bond acceptors (Lipinski definition) is 0. The molecule has 2 fully saturated rings. The van der Waals surface area contributed by atoms with Crippen LogP contribution in [0.4, 0.5) is 0 Å². The highest BCUT2D eigenvalue weighted by Crippen LogP contribution is 2.59. The van der Waals surface area contributed by atoms with Crippen LogP contribution in [0.25, 0.3) is 22.7 Å². The molecule has 4 atom stereocenters. The van der Waals surface area contributed by atoms with Crippen LogP contribution in [-0.4, -0.2) is 4.57 Å². The van der Waals surface area contributed by atoms with E-state index in [-0.39, 0.29) is 5.41 Å². The molecule has 0 saturated heterocycles. The van der Waals surface area contributed by atoms with Gasteiger partial charge in [0.1, 0.15) is 0 Å². The van der Waals surface area contributed by atoms with E-state index in [0.717, 1.165) is 5.92 Å². The Morgan fingerprint density at radius 2 is 1.75 bits per heavy atom. The summed E-state index contributed by atoms with van der Waals surface area (Å²) in [5, 5.41) is 1.41. The van der Waals surface area contributed by atoms with E-state index in [1.54, 1.807) is 5.69 Å². The van der Waals surface area contributed by atoms with Crippen molar-refractivity contribution in [1.82, 2.24) is 4.57 Å². The first kappa shape index (κ1) is 15.2. The lowest BCUT2D eigenvalue weighted by Gasteiger charge is -2.38. The quantitative estimate of drug-likeness (QED) is 0.489. The Labute approximate surface area is 165 Å². The minimum atomic E-state index is 0.243. The fourth-order valence-corrected chi connectivity index (χ4v) is 5.94. The predicted molar refractivity (Wildman–Crippen MR) is 116 cm³/mol. The fourth-order valence-electron chi connectivity index (χ4n) is 5.94. The SMILES string of the molecule is C1=CC2(c3ccccc3)CC2C=C1n1c2c(c3ccccc31)C=CC1CCC21. The van der Waals surface area contributed by atoms with Crippen LogP contribution in [0.5, 0.6) is 0 Å². The summed E-state index contributed by atoms with van der Waals surface area (Å²) in [6, 6.07) is 20.0. The standard InChI is InChI=1S/C27H23N/c1-2-6-19(7-3-1)27-15-14-21(16-20(27)17-27)28-25-9-5-4-8-23(25)24-13-11-18-10-12-22(18)26(24)28/h1-9,11,13-16,18,20,22H,10,12,17H2. The lowest BCUT2D eigenvalue weighted by molar-refractivity contribution is 0.305. The molecule has 2 aromatic carbocycles. The highest BCUT2D eigenvalue weighted by molar-refractivity contribution is 5.95. The molecule has 2 saturated carbocycles. The van der Waals surface area contributed by atoms with Crippen LogP contribution in [0, 0.1) is 11.8 Å². The number of benzene rings is 2. The van der Waals surface area contributed by atoms with Gasteiger partial charge in [-0.15, -0.1) is 0 Å². The molecule has 1 nitrogen and oxygen atoms in total. The Morgan fingerprint density at radius 3 is 2.57 bits per heavy atom.